The Labute approximate surface area is 134 Å². The van der Waals surface area contributed by atoms with Crippen molar-refractivity contribution in [3.05, 3.63) is 57.7 Å². The van der Waals surface area contributed by atoms with E-state index in [9.17, 15) is 18.4 Å². The van der Waals surface area contributed by atoms with Gasteiger partial charge in [-0.25, -0.2) is 9.48 Å². The minimum absolute atomic E-state index is 0.119. The molecule has 124 valence electrons. The van der Waals surface area contributed by atoms with Crippen LogP contribution < -0.4 is 10.9 Å². The van der Waals surface area contributed by atoms with Crippen LogP contribution in [-0.2, 0) is 0 Å². The lowest BCUT2D eigenvalue weighted by molar-refractivity contribution is 0.0561. The zero-order chi connectivity index (χ0) is 17.4. The highest BCUT2D eigenvalue weighted by Gasteiger charge is 2.15. The number of aryl methyl sites for hydroxylation is 2. The van der Waals surface area contributed by atoms with E-state index in [1.54, 1.807) is 26.0 Å². The SMILES string of the molecule is Cc1cc2oc(=O)cc(C)c2cc1NC(=O)c1ccn(C(F)F)n1. The summed E-state index contributed by atoms with van der Waals surface area (Å²) >= 11 is 0. The van der Waals surface area contributed by atoms with Gasteiger partial charge in [0.25, 0.3) is 5.91 Å². The molecule has 3 rings (SSSR count). The van der Waals surface area contributed by atoms with Crippen LogP contribution in [0.15, 0.2) is 39.7 Å². The fourth-order valence-corrected chi connectivity index (χ4v) is 2.36. The molecule has 0 aliphatic carbocycles. The van der Waals surface area contributed by atoms with Crippen molar-refractivity contribution >= 4 is 22.6 Å². The number of nitrogens with one attached hydrogen (secondary N) is 1. The van der Waals surface area contributed by atoms with Crippen LogP contribution in [0.2, 0.25) is 0 Å². The Hall–Kier alpha value is -3.03. The molecule has 2 aromatic heterocycles. The lowest BCUT2D eigenvalue weighted by atomic mass is 10.1. The van der Waals surface area contributed by atoms with E-state index in [2.05, 4.69) is 10.4 Å². The van der Waals surface area contributed by atoms with Crippen LogP contribution in [0.5, 0.6) is 0 Å². The number of aromatic nitrogens is 2. The van der Waals surface area contributed by atoms with Gasteiger partial charge in [-0.3, -0.25) is 4.79 Å². The summed E-state index contributed by atoms with van der Waals surface area (Å²) in [5.74, 6) is -0.605. The van der Waals surface area contributed by atoms with E-state index in [-0.39, 0.29) is 5.69 Å². The summed E-state index contributed by atoms with van der Waals surface area (Å²) < 4.78 is 30.6. The third kappa shape index (κ3) is 2.90. The molecule has 0 aliphatic rings. The van der Waals surface area contributed by atoms with Gasteiger partial charge in [-0.1, -0.05) is 0 Å². The second-order valence-corrected chi connectivity index (χ2v) is 5.32. The van der Waals surface area contributed by atoms with Crippen LogP contribution in [0, 0.1) is 13.8 Å². The Morgan fingerprint density at radius 2 is 2.00 bits per heavy atom. The summed E-state index contributed by atoms with van der Waals surface area (Å²) in [6.07, 6.45) is 1.03. The fourth-order valence-electron chi connectivity index (χ4n) is 2.36. The number of anilines is 1. The summed E-state index contributed by atoms with van der Waals surface area (Å²) in [6.45, 7) is 0.680. The molecule has 6 nitrogen and oxygen atoms in total. The molecule has 0 saturated heterocycles. The molecule has 1 amide bonds. The van der Waals surface area contributed by atoms with Gasteiger partial charge >= 0.3 is 12.2 Å². The smallest absolute Gasteiger partial charge is 0.336 e. The molecule has 3 aromatic rings. The highest BCUT2D eigenvalue weighted by atomic mass is 19.3. The van der Waals surface area contributed by atoms with Crippen molar-refractivity contribution in [2.75, 3.05) is 5.32 Å². The van der Waals surface area contributed by atoms with Crippen molar-refractivity contribution in [2.24, 2.45) is 0 Å². The van der Waals surface area contributed by atoms with Crippen LogP contribution >= 0.6 is 0 Å². The van der Waals surface area contributed by atoms with Crippen LogP contribution in [-0.4, -0.2) is 15.7 Å². The number of fused-ring (bicyclic) bond motifs is 1. The van der Waals surface area contributed by atoms with Gasteiger partial charge in [0.2, 0.25) is 0 Å². The minimum atomic E-state index is -2.81. The maximum absolute atomic E-state index is 12.5. The molecule has 24 heavy (non-hydrogen) atoms. The number of benzene rings is 1. The number of carbonyl (C=O) groups is 1. The average molecular weight is 333 g/mol. The fraction of sp³-hybridized carbons (Fsp3) is 0.188. The number of hydrogen-bond acceptors (Lipinski definition) is 4. The number of halogens is 2. The zero-order valence-electron chi connectivity index (χ0n) is 12.8. The number of amides is 1. The predicted molar refractivity (Wildman–Crippen MR) is 83.4 cm³/mol. The lowest BCUT2D eigenvalue weighted by Gasteiger charge is -2.09. The highest BCUT2D eigenvalue weighted by Crippen LogP contribution is 2.25. The van der Waals surface area contributed by atoms with Crippen LogP contribution in [0.3, 0.4) is 0 Å². The molecule has 2 heterocycles. The quantitative estimate of drug-likeness (QED) is 0.746. The number of alkyl halides is 2. The van der Waals surface area contributed by atoms with Gasteiger partial charge in [0.05, 0.1) is 0 Å². The molecule has 0 unspecified atom stereocenters. The summed E-state index contributed by atoms with van der Waals surface area (Å²) in [6, 6.07) is 5.87. The molecule has 0 bridgehead atoms. The molecule has 1 N–H and O–H groups in total. The second kappa shape index (κ2) is 5.88. The van der Waals surface area contributed by atoms with Crippen molar-refractivity contribution in [1.82, 2.24) is 9.78 Å². The number of nitrogens with zero attached hydrogens (tertiary/aromatic N) is 2. The average Bonchev–Trinajstić information content (AvgIpc) is 2.98. The van der Waals surface area contributed by atoms with Crippen LogP contribution in [0.25, 0.3) is 11.0 Å². The van der Waals surface area contributed by atoms with Gasteiger partial charge in [-0.15, -0.1) is 0 Å². The monoisotopic (exact) mass is 333 g/mol. The third-order valence-electron chi connectivity index (χ3n) is 3.59. The first-order chi connectivity index (χ1) is 11.3. The van der Waals surface area contributed by atoms with Crippen molar-refractivity contribution < 1.29 is 18.0 Å². The summed E-state index contributed by atoms with van der Waals surface area (Å²) in [4.78, 5) is 23.6. The van der Waals surface area contributed by atoms with Crippen molar-refractivity contribution in [2.45, 2.75) is 20.4 Å². The second-order valence-electron chi connectivity index (χ2n) is 5.32. The molecule has 1 aromatic carbocycles. The van der Waals surface area contributed by atoms with Gasteiger partial charge in [-0.2, -0.15) is 13.9 Å². The molecule has 0 aliphatic heterocycles. The van der Waals surface area contributed by atoms with Gasteiger partial charge < -0.3 is 9.73 Å². The summed E-state index contributed by atoms with van der Waals surface area (Å²) in [5.41, 5.74) is 1.70. The van der Waals surface area contributed by atoms with Crippen LogP contribution in [0.1, 0.15) is 28.2 Å². The van der Waals surface area contributed by atoms with Gasteiger partial charge in [0.15, 0.2) is 5.69 Å². The number of carbonyl (C=O) groups excluding carboxylic acids is 1. The summed E-state index contributed by atoms with van der Waals surface area (Å²) in [5, 5.41) is 6.83. The Morgan fingerprint density at radius 3 is 2.67 bits per heavy atom. The van der Waals surface area contributed by atoms with E-state index < -0.39 is 18.1 Å². The number of rotatable bonds is 3. The van der Waals surface area contributed by atoms with E-state index in [1.807, 2.05) is 0 Å². The zero-order valence-corrected chi connectivity index (χ0v) is 12.8. The Bertz CT molecular complexity index is 992. The molecular weight excluding hydrogens is 320 g/mol. The standard InChI is InChI=1S/C16H13F2N3O3/c1-8-6-14(22)24-13-5-9(2)12(7-10(8)13)19-15(23)11-3-4-21(20-11)16(17)18/h3-7,16H,1-2H3,(H,19,23). The first-order valence-corrected chi connectivity index (χ1v) is 7.05. The van der Waals surface area contributed by atoms with Crippen molar-refractivity contribution in [1.29, 1.82) is 0 Å². The Morgan fingerprint density at radius 1 is 1.25 bits per heavy atom. The van der Waals surface area contributed by atoms with Crippen molar-refractivity contribution in [3.63, 3.8) is 0 Å². The van der Waals surface area contributed by atoms with Crippen LogP contribution in [0.4, 0.5) is 14.5 Å². The van der Waals surface area contributed by atoms with E-state index >= 15 is 0 Å². The first-order valence-electron chi connectivity index (χ1n) is 7.05. The molecular formula is C16H13F2N3O3. The molecule has 0 radical (unpaired) electrons. The molecule has 0 atom stereocenters. The van der Waals surface area contributed by atoms with Crippen molar-refractivity contribution in [3.8, 4) is 0 Å². The molecule has 0 fully saturated rings. The third-order valence-corrected chi connectivity index (χ3v) is 3.59. The largest absolute Gasteiger partial charge is 0.423 e. The first kappa shape index (κ1) is 15.9. The Balaban J connectivity index is 1.95. The lowest BCUT2D eigenvalue weighted by Crippen LogP contribution is -2.14. The predicted octanol–water partition coefficient (Wildman–Crippen LogP) is 3.25. The van der Waals surface area contributed by atoms with E-state index in [1.165, 1.54) is 12.1 Å². The normalized spacial score (nSPS) is 11.2. The number of hydrogen-bond donors (Lipinski definition) is 1. The van der Waals surface area contributed by atoms with E-state index in [0.717, 1.165) is 6.20 Å². The van der Waals surface area contributed by atoms with Gasteiger partial charge in [0, 0.05) is 23.3 Å². The Kier molecular flexibility index (Phi) is 3.88. The van der Waals surface area contributed by atoms with Gasteiger partial charge in [0.1, 0.15) is 5.58 Å². The van der Waals surface area contributed by atoms with E-state index in [0.29, 0.717) is 32.5 Å². The molecule has 0 spiro atoms. The summed E-state index contributed by atoms with van der Waals surface area (Å²) in [7, 11) is 0. The van der Waals surface area contributed by atoms with E-state index in [4.69, 9.17) is 4.42 Å². The highest BCUT2D eigenvalue weighted by molar-refractivity contribution is 6.04. The topological polar surface area (TPSA) is 77.1 Å². The molecule has 8 heteroatoms. The molecule has 0 saturated carbocycles. The van der Waals surface area contributed by atoms with Gasteiger partial charge in [-0.05, 0) is 43.2 Å². The minimum Gasteiger partial charge on any atom is -0.423 e. The maximum atomic E-state index is 12.5. The maximum Gasteiger partial charge on any atom is 0.336 e.